The molecule has 0 spiro atoms. The molecule has 2 aliphatic carbocycles. The minimum absolute atomic E-state index is 0.0525. The van der Waals surface area contributed by atoms with Crippen molar-refractivity contribution in [2.75, 3.05) is 5.32 Å². The summed E-state index contributed by atoms with van der Waals surface area (Å²) in [4.78, 5) is 23.5. The zero-order valence-corrected chi connectivity index (χ0v) is 10.6. The van der Waals surface area contributed by atoms with Gasteiger partial charge in [0.1, 0.15) is 5.82 Å². The number of hydrogen-bond donors (Lipinski definition) is 1. The summed E-state index contributed by atoms with van der Waals surface area (Å²) in [5.74, 6) is -3.47. The smallest absolute Gasteiger partial charge is 0.228 e. The van der Waals surface area contributed by atoms with Crippen molar-refractivity contribution in [1.82, 2.24) is 0 Å². The van der Waals surface area contributed by atoms with Crippen LogP contribution in [-0.2, 0) is 9.59 Å². The molecule has 0 unspecified atom stereocenters. The summed E-state index contributed by atoms with van der Waals surface area (Å²) < 4.78 is 12.8. The molecule has 0 radical (unpaired) electrons. The van der Waals surface area contributed by atoms with Gasteiger partial charge < -0.3 is 15.2 Å². The van der Waals surface area contributed by atoms with Gasteiger partial charge >= 0.3 is 0 Å². The molecular formula is C15H13FNO3-. The van der Waals surface area contributed by atoms with Gasteiger partial charge in [-0.1, -0.05) is 12.2 Å². The molecule has 4 atom stereocenters. The fourth-order valence-corrected chi connectivity index (χ4v) is 3.26. The molecule has 1 saturated carbocycles. The van der Waals surface area contributed by atoms with E-state index in [-0.39, 0.29) is 17.7 Å². The molecule has 4 nitrogen and oxygen atoms in total. The van der Waals surface area contributed by atoms with Crippen LogP contribution in [0.4, 0.5) is 10.1 Å². The number of carboxylic acid groups (broad SMARTS) is 1. The van der Waals surface area contributed by atoms with Crippen molar-refractivity contribution >= 4 is 17.6 Å². The van der Waals surface area contributed by atoms with Gasteiger partial charge in [-0.05, 0) is 42.5 Å². The predicted octanol–water partition coefficient (Wildman–Crippen LogP) is 0.952. The maximum Gasteiger partial charge on any atom is 0.228 e. The Morgan fingerprint density at radius 1 is 1.10 bits per heavy atom. The van der Waals surface area contributed by atoms with E-state index in [1.165, 1.54) is 24.3 Å². The number of nitrogens with one attached hydrogen (secondary N) is 1. The molecule has 2 aliphatic rings. The number of allylic oxidation sites excluding steroid dienone is 2. The van der Waals surface area contributed by atoms with Crippen molar-refractivity contribution in [3.63, 3.8) is 0 Å². The maximum atomic E-state index is 12.8. The number of anilines is 1. The van der Waals surface area contributed by atoms with E-state index in [1.54, 1.807) is 0 Å². The first-order valence-corrected chi connectivity index (χ1v) is 6.52. The minimum atomic E-state index is -1.18. The maximum absolute atomic E-state index is 12.8. The molecule has 0 heterocycles. The first-order valence-electron chi connectivity index (χ1n) is 6.52. The second-order valence-corrected chi connectivity index (χ2v) is 5.32. The minimum Gasteiger partial charge on any atom is -0.550 e. The molecule has 0 saturated heterocycles. The highest BCUT2D eigenvalue weighted by Gasteiger charge is 2.48. The van der Waals surface area contributed by atoms with Crippen LogP contribution in [0.25, 0.3) is 0 Å². The number of amides is 1. The van der Waals surface area contributed by atoms with Gasteiger partial charge in [0.2, 0.25) is 5.91 Å². The summed E-state index contributed by atoms with van der Waals surface area (Å²) in [5.41, 5.74) is 0.459. The SMILES string of the molecule is O=C([O-])[C@@H]1[C@H](C(=O)Nc2ccc(F)cc2)[C@H]2C=C[C@H]1C2. The van der Waals surface area contributed by atoms with Crippen molar-refractivity contribution in [2.45, 2.75) is 6.42 Å². The molecule has 20 heavy (non-hydrogen) atoms. The van der Waals surface area contributed by atoms with Crippen LogP contribution in [0.3, 0.4) is 0 Å². The van der Waals surface area contributed by atoms with Crippen molar-refractivity contribution < 1.29 is 19.1 Å². The highest BCUT2D eigenvalue weighted by Crippen LogP contribution is 2.48. The molecule has 2 bridgehead atoms. The fraction of sp³-hybridized carbons (Fsp3) is 0.333. The Morgan fingerprint density at radius 3 is 2.30 bits per heavy atom. The average molecular weight is 274 g/mol. The van der Waals surface area contributed by atoms with Crippen LogP contribution in [0.5, 0.6) is 0 Å². The van der Waals surface area contributed by atoms with E-state index in [0.717, 1.165) is 0 Å². The Bertz CT molecular complexity index is 581. The summed E-state index contributed by atoms with van der Waals surface area (Å²) >= 11 is 0. The Morgan fingerprint density at radius 2 is 1.70 bits per heavy atom. The van der Waals surface area contributed by atoms with Gasteiger partial charge in [0.15, 0.2) is 0 Å². The summed E-state index contributed by atoms with van der Waals surface area (Å²) in [7, 11) is 0. The number of hydrogen-bond acceptors (Lipinski definition) is 3. The van der Waals surface area contributed by atoms with Crippen LogP contribution < -0.4 is 10.4 Å². The third-order valence-corrected chi connectivity index (χ3v) is 4.15. The number of fused-ring (bicyclic) bond motifs is 2. The van der Waals surface area contributed by atoms with E-state index in [1.807, 2.05) is 12.2 Å². The van der Waals surface area contributed by atoms with Crippen LogP contribution in [-0.4, -0.2) is 11.9 Å². The quantitative estimate of drug-likeness (QED) is 0.834. The Hall–Kier alpha value is -2.17. The van der Waals surface area contributed by atoms with E-state index < -0.39 is 23.6 Å². The zero-order chi connectivity index (χ0) is 14.3. The number of benzene rings is 1. The molecule has 0 aromatic heterocycles. The van der Waals surface area contributed by atoms with Crippen molar-refractivity contribution in [3.05, 3.63) is 42.2 Å². The lowest BCUT2D eigenvalue weighted by Gasteiger charge is -2.27. The number of carbonyl (C=O) groups is 2. The van der Waals surface area contributed by atoms with Crippen molar-refractivity contribution in [2.24, 2.45) is 23.7 Å². The molecule has 1 amide bonds. The number of rotatable bonds is 3. The Balaban J connectivity index is 1.78. The summed E-state index contributed by atoms with van der Waals surface area (Å²) in [5, 5.41) is 13.9. The standard InChI is InChI=1S/C15H14FNO3/c16-10-3-5-11(6-4-10)17-14(18)12-8-1-2-9(7-8)13(12)15(19)20/h1-6,8-9,12-13H,7H2,(H,17,18)(H,19,20)/p-1/t8-,9-,12+,13-/m0/s1. The van der Waals surface area contributed by atoms with E-state index in [2.05, 4.69) is 5.32 Å². The molecule has 1 aromatic rings. The topological polar surface area (TPSA) is 69.2 Å². The zero-order valence-electron chi connectivity index (χ0n) is 10.6. The second kappa shape index (κ2) is 4.74. The summed E-state index contributed by atoms with van der Waals surface area (Å²) in [6, 6.07) is 5.38. The first-order chi connectivity index (χ1) is 9.56. The Labute approximate surface area is 115 Å². The third-order valence-electron chi connectivity index (χ3n) is 4.15. The Kier molecular flexibility index (Phi) is 3.04. The lowest BCUT2D eigenvalue weighted by Crippen LogP contribution is -2.42. The number of carboxylic acids is 1. The molecule has 1 aromatic carbocycles. The molecule has 104 valence electrons. The second-order valence-electron chi connectivity index (χ2n) is 5.32. The highest BCUT2D eigenvalue weighted by molar-refractivity contribution is 5.96. The van der Waals surface area contributed by atoms with Crippen LogP contribution in [0, 0.1) is 29.5 Å². The monoisotopic (exact) mass is 274 g/mol. The molecule has 5 heteroatoms. The highest BCUT2D eigenvalue weighted by atomic mass is 19.1. The van der Waals surface area contributed by atoms with Gasteiger partial charge in [0.05, 0.1) is 5.92 Å². The van der Waals surface area contributed by atoms with E-state index in [9.17, 15) is 19.1 Å². The van der Waals surface area contributed by atoms with Gasteiger partial charge in [0.25, 0.3) is 0 Å². The van der Waals surface area contributed by atoms with E-state index in [0.29, 0.717) is 12.1 Å². The molecule has 1 N–H and O–H groups in total. The number of carbonyl (C=O) groups excluding carboxylic acids is 2. The molecule has 3 rings (SSSR count). The van der Waals surface area contributed by atoms with Crippen LogP contribution >= 0.6 is 0 Å². The van der Waals surface area contributed by atoms with Gasteiger partial charge in [-0.3, -0.25) is 4.79 Å². The lowest BCUT2D eigenvalue weighted by atomic mass is 9.82. The van der Waals surface area contributed by atoms with Gasteiger partial charge in [-0.2, -0.15) is 0 Å². The van der Waals surface area contributed by atoms with Crippen LogP contribution in [0.1, 0.15) is 6.42 Å². The van der Waals surface area contributed by atoms with Gasteiger partial charge in [-0.15, -0.1) is 0 Å². The fourth-order valence-electron chi connectivity index (χ4n) is 3.26. The van der Waals surface area contributed by atoms with Crippen LogP contribution in [0.15, 0.2) is 36.4 Å². The van der Waals surface area contributed by atoms with E-state index >= 15 is 0 Å². The molecule has 0 aliphatic heterocycles. The lowest BCUT2D eigenvalue weighted by molar-refractivity contribution is -0.313. The third kappa shape index (κ3) is 2.09. The number of halogens is 1. The summed E-state index contributed by atoms with van der Waals surface area (Å²) in [6.45, 7) is 0. The largest absolute Gasteiger partial charge is 0.550 e. The first kappa shape index (κ1) is 12.8. The number of aliphatic carboxylic acids is 1. The molecule has 1 fully saturated rings. The molecular weight excluding hydrogens is 261 g/mol. The van der Waals surface area contributed by atoms with Crippen molar-refractivity contribution in [1.29, 1.82) is 0 Å². The van der Waals surface area contributed by atoms with Crippen molar-refractivity contribution in [3.8, 4) is 0 Å². The van der Waals surface area contributed by atoms with E-state index in [4.69, 9.17) is 0 Å². The normalized spacial score (nSPS) is 30.4. The predicted molar refractivity (Wildman–Crippen MR) is 67.8 cm³/mol. The van der Waals surface area contributed by atoms with Gasteiger partial charge in [-0.25, -0.2) is 4.39 Å². The average Bonchev–Trinajstić information content (AvgIpc) is 3.01. The summed E-state index contributed by atoms with van der Waals surface area (Å²) in [6.07, 6.45) is 4.44. The van der Waals surface area contributed by atoms with Crippen LogP contribution in [0.2, 0.25) is 0 Å². The van der Waals surface area contributed by atoms with Gasteiger partial charge in [0, 0.05) is 17.6 Å².